The zero-order chi connectivity index (χ0) is 24.2. The summed E-state index contributed by atoms with van der Waals surface area (Å²) in [6.07, 6.45) is 0.492. The van der Waals surface area contributed by atoms with Crippen molar-refractivity contribution in [1.82, 2.24) is 0 Å². The van der Waals surface area contributed by atoms with Gasteiger partial charge in [-0.2, -0.15) is 5.26 Å². The molecule has 7 nitrogen and oxygen atoms in total. The molecule has 2 heterocycles. The van der Waals surface area contributed by atoms with Gasteiger partial charge < -0.3 is 11.1 Å². The summed E-state index contributed by atoms with van der Waals surface area (Å²) in [5.41, 5.74) is 6.02. The third kappa shape index (κ3) is 3.49. The molecule has 0 aliphatic carbocycles. The van der Waals surface area contributed by atoms with Gasteiger partial charge in [0.05, 0.1) is 37.2 Å². The summed E-state index contributed by atoms with van der Waals surface area (Å²) in [5, 5.41) is 11.3. The van der Waals surface area contributed by atoms with Crippen molar-refractivity contribution in [1.29, 1.82) is 5.26 Å². The summed E-state index contributed by atoms with van der Waals surface area (Å²) >= 11 is 6.14. The molecule has 0 radical (unpaired) electrons. The van der Waals surface area contributed by atoms with E-state index in [1.54, 1.807) is 20.8 Å². The first-order valence-corrected chi connectivity index (χ1v) is 12.3. The van der Waals surface area contributed by atoms with Gasteiger partial charge in [0.15, 0.2) is 0 Å². The predicted octanol–water partition coefficient (Wildman–Crippen LogP) is 4.21. The predicted molar refractivity (Wildman–Crippen MR) is 127 cm³/mol. The van der Waals surface area contributed by atoms with Gasteiger partial charge in [-0.05, 0) is 63.6 Å². The van der Waals surface area contributed by atoms with Crippen LogP contribution < -0.4 is 11.1 Å². The molecule has 0 fully saturated rings. The zero-order valence-electron chi connectivity index (χ0n) is 18.4. The van der Waals surface area contributed by atoms with Gasteiger partial charge in [0.25, 0.3) is 5.91 Å². The molecule has 1 amide bonds. The van der Waals surface area contributed by atoms with Crippen LogP contribution in [0.4, 0.5) is 10.1 Å². The number of amidine groups is 1. The maximum Gasteiger partial charge on any atom is 0.257 e. The van der Waals surface area contributed by atoms with Gasteiger partial charge in [0.2, 0.25) is 0 Å². The number of aliphatic imine (C=N–C) groups is 1. The number of hydrogen-bond acceptors (Lipinski definition) is 6. The average molecular weight is 488 g/mol. The number of nitriles is 1. The summed E-state index contributed by atoms with van der Waals surface area (Å²) in [6.45, 7) is 5.61. The van der Waals surface area contributed by atoms with Gasteiger partial charge in [-0.1, -0.05) is 11.6 Å². The smallest absolute Gasteiger partial charge is 0.257 e. The molecule has 10 heteroatoms. The first-order valence-electron chi connectivity index (χ1n) is 10.3. The van der Waals surface area contributed by atoms with Crippen LogP contribution in [0.5, 0.6) is 0 Å². The second kappa shape index (κ2) is 7.82. The lowest BCUT2D eigenvalue weighted by molar-refractivity contribution is 0.102. The van der Waals surface area contributed by atoms with E-state index in [1.165, 1.54) is 36.4 Å². The molecule has 2 aromatic carbocycles. The maximum atomic E-state index is 15.1. The van der Waals surface area contributed by atoms with Crippen molar-refractivity contribution in [3.8, 4) is 6.07 Å². The molecule has 0 saturated heterocycles. The van der Waals surface area contributed by atoms with Gasteiger partial charge in [0.1, 0.15) is 21.9 Å². The monoisotopic (exact) mass is 487 g/mol. The van der Waals surface area contributed by atoms with E-state index < -0.39 is 37.0 Å². The molecular weight excluding hydrogens is 465 g/mol. The van der Waals surface area contributed by atoms with Crippen LogP contribution in [0.25, 0.3) is 0 Å². The molecule has 0 aromatic heterocycles. The van der Waals surface area contributed by atoms with Gasteiger partial charge in [-0.3, -0.25) is 9.79 Å². The molecule has 3 N–H and O–H groups in total. The van der Waals surface area contributed by atoms with Crippen molar-refractivity contribution >= 4 is 38.8 Å². The number of hydrogen-bond donors (Lipinski definition) is 2. The second-order valence-corrected chi connectivity index (χ2v) is 12.2. The molecule has 1 unspecified atom stereocenters. The quantitative estimate of drug-likeness (QED) is 0.673. The SMILES string of the molecule is CC1(C)C(N)=N[C@](C)(c2cc(NC(=O)c3ccc(C#N)cc3Cl)ccc2F)[C@@H]2CCN=S21=O. The van der Waals surface area contributed by atoms with Crippen LogP contribution in [-0.4, -0.2) is 32.5 Å². The summed E-state index contributed by atoms with van der Waals surface area (Å²) in [5.74, 6) is -0.897. The highest BCUT2D eigenvalue weighted by Gasteiger charge is 2.56. The third-order valence-corrected chi connectivity index (χ3v) is 10.5. The number of rotatable bonds is 3. The Hall–Kier alpha value is -2.96. The van der Waals surface area contributed by atoms with Gasteiger partial charge in [-0.25, -0.2) is 13.0 Å². The highest BCUT2D eigenvalue weighted by atomic mass is 35.5. The number of benzene rings is 2. The molecule has 0 spiro atoms. The van der Waals surface area contributed by atoms with Crippen LogP contribution in [0.2, 0.25) is 5.02 Å². The Balaban J connectivity index is 1.75. The Bertz CT molecular complexity index is 1370. The molecule has 33 heavy (non-hydrogen) atoms. The Morgan fingerprint density at radius 1 is 1.30 bits per heavy atom. The van der Waals surface area contributed by atoms with Gasteiger partial charge >= 0.3 is 0 Å². The molecule has 4 rings (SSSR count). The standard InChI is InChI=1S/C23H23ClFN5O2S/c1-22(2)21(27)30-23(3,19-8-9-28-33(19,22)32)16-11-14(5-7-18(16)25)29-20(31)15-6-4-13(12-26)10-17(15)24/h4-7,10-11,19H,8-9H2,1-3H3,(H2,27,30)(H,29,31)/t19-,23+,33?/m0/s1. The van der Waals surface area contributed by atoms with Crippen molar-refractivity contribution in [2.24, 2.45) is 15.1 Å². The molecule has 2 aromatic rings. The molecular formula is C23H23ClFN5O2S. The second-order valence-electron chi connectivity index (χ2n) is 8.81. The highest BCUT2D eigenvalue weighted by Crippen LogP contribution is 2.48. The number of carbonyl (C=O) groups excluding carboxylic acids is 1. The number of carbonyl (C=O) groups is 1. The number of halogens is 2. The lowest BCUT2D eigenvalue weighted by atomic mass is 9.85. The van der Waals surface area contributed by atoms with Crippen molar-refractivity contribution in [2.75, 3.05) is 11.9 Å². The minimum atomic E-state index is -2.82. The zero-order valence-corrected chi connectivity index (χ0v) is 19.9. The third-order valence-electron chi connectivity index (χ3n) is 6.50. The fourth-order valence-corrected chi connectivity index (χ4v) is 7.89. The fraction of sp³-hybridized carbons (Fsp3) is 0.348. The molecule has 2 aliphatic rings. The van der Waals surface area contributed by atoms with Crippen molar-refractivity contribution in [2.45, 2.75) is 42.7 Å². The molecule has 172 valence electrons. The van der Waals surface area contributed by atoms with E-state index in [1.807, 2.05) is 6.07 Å². The maximum absolute atomic E-state index is 15.1. The molecule has 0 bridgehead atoms. The number of anilines is 1. The van der Waals surface area contributed by atoms with E-state index in [9.17, 15) is 9.00 Å². The van der Waals surface area contributed by atoms with E-state index in [4.69, 9.17) is 22.6 Å². The minimum Gasteiger partial charge on any atom is -0.386 e. The Labute approximate surface area is 197 Å². The fourth-order valence-electron chi connectivity index (χ4n) is 4.46. The van der Waals surface area contributed by atoms with E-state index >= 15 is 4.39 Å². The van der Waals surface area contributed by atoms with Crippen LogP contribution in [0.1, 0.15) is 48.7 Å². The lowest BCUT2D eigenvalue weighted by Crippen LogP contribution is -2.58. The summed E-state index contributed by atoms with van der Waals surface area (Å²) in [7, 11) is -2.82. The molecule has 2 aliphatic heterocycles. The summed E-state index contributed by atoms with van der Waals surface area (Å²) in [6, 6.07) is 10.4. The Morgan fingerprint density at radius 2 is 2.03 bits per heavy atom. The average Bonchev–Trinajstić information content (AvgIpc) is 3.18. The Morgan fingerprint density at radius 3 is 2.70 bits per heavy atom. The lowest BCUT2D eigenvalue weighted by Gasteiger charge is -2.44. The van der Waals surface area contributed by atoms with E-state index in [2.05, 4.69) is 14.7 Å². The van der Waals surface area contributed by atoms with E-state index in [0.29, 0.717) is 24.2 Å². The van der Waals surface area contributed by atoms with Crippen LogP contribution in [0.3, 0.4) is 0 Å². The van der Waals surface area contributed by atoms with Crippen LogP contribution in [0, 0.1) is 17.1 Å². The van der Waals surface area contributed by atoms with E-state index in [0.717, 1.165) is 0 Å². The van der Waals surface area contributed by atoms with Crippen LogP contribution in [0.15, 0.2) is 45.8 Å². The first-order chi connectivity index (χ1) is 15.4. The topological polar surface area (TPSA) is 121 Å². The van der Waals surface area contributed by atoms with Gasteiger partial charge in [-0.15, -0.1) is 0 Å². The molecule has 0 saturated carbocycles. The largest absolute Gasteiger partial charge is 0.386 e. The summed E-state index contributed by atoms with van der Waals surface area (Å²) < 4.78 is 32.5. The summed E-state index contributed by atoms with van der Waals surface area (Å²) in [4.78, 5) is 17.4. The number of nitrogens with two attached hydrogens (primary N) is 1. The number of amides is 1. The van der Waals surface area contributed by atoms with Crippen molar-refractivity contribution in [3.05, 3.63) is 63.9 Å². The normalized spacial score (nSPS) is 27.6. The van der Waals surface area contributed by atoms with Crippen LogP contribution >= 0.6 is 11.6 Å². The van der Waals surface area contributed by atoms with Crippen LogP contribution in [-0.2, 0) is 15.3 Å². The highest BCUT2D eigenvalue weighted by molar-refractivity contribution is 7.96. The molecule has 3 atom stereocenters. The van der Waals surface area contributed by atoms with Crippen molar-refractivity contribution < 1.29 is 13.4 Å². The minimum absolute atomic E-state index is 0.125. The van der Waals surface area contributed by atoms with Gasteiger partial charge in [0, 0.05) is 17.8 Å². The van der Waals surface area contributed by atoms with Crippen molar-refractivity contribution in [3.63, 3.8) is 0 Å². The van der Waals surface area contributed by atoms with E-state index in [-0.39, 0.29) is 22.0 Å². The number of nitrogens with zero attached hydrogens (tertiary/aromatic N) is 3. The number of fused-ring (bicyclic) bond motifs is 1. The number of nitrogens with one attached hydrogen (secondary N) is 1. The Kier molecular flexibility index (Phi) is 5.50. The first kappa shape index (κ1) is 23.2.